The fourth-order valence-corrected chi connectivity index (χ4v) is 5.07. The molecular formula is C24H30IN3O5S. The number of H-pyrrole nitrogens is 1. The quantitative estimate of drug-likeness (QED) is 0.271. The van der Waals surface area contributed by atoms with Gasteiger partial charge in [0, 0.05) is 34.9 Å². The number of ether oxygens (including phenoxy) is 1. The van der Waals surface area contributed by atoms with Crippen molar-refractivity contribution >= 4 is 56.9 Å². The Hall–Kier alpha value is -2.18. The van der Waals surface area contributed by atoms with Gasteiger partial charge >= 0.3 is 12.1 Å². The Morgan fingerprint density at radius 2 is 1.97 bits per heavy atom. The number of fused-ring (bicyclic) bond motifs is 1. The standard InChI is InChI=1S/C24H30IN3O5S/c1-23(2,3)33-22(32)28-17(21(30)31)9-19-26-18(11-34-19)13-6-7-16-14(8-13)15(20(25)27-16)10-24(4,5)12-29/h6-8,11,17,27,29H,9-10,12H2,1-5H3,(H,28,32)(H,30,31)/t17-/m0/s1. The number of nitrogens with zero attached hydrogens (tertiary/aromatic N) is 1. The molecule has 34 heavy (non-hydrogen) atoms. The number of rotatable bonds is 8. The zero-order valence-electron chi connectivity index (χ0n) is 19.9. The molecule has 2 aromatic heterocycles. The molecule has 8 nitrogen and oxygen atoms in total. The van der Waals surface area contributed by atoms with Crippen LogP contribution in [0.15, 0.2) is 23.6 Å². The third-order valence-electron chi connectivity index (χ3n) is 5.15. The van der Waals surface area contributed by atoms with Gasteiger partial charge in [0.1, 0.15) is 11.6 Å². The number of hydrogen-bond acceptors (Lipinski definition) is 6. The van der Waals surface area contributed by atoms with Gasteiger partial charge in [0.05, 0.1) is 14.4 Å². The molecule has 1 aromatic carbocycles. The van der Waals surface area contributed by atoms with E-state index in [1.165, 1.54) is 11.3 Å². The smallest absolute Gasteiger partial charge is 0.408 e. The lowest BCUT2D eigenvalue weighted by atomic mass is 9.86. The largest absolute Gasteiger partial charge is 0.480 e. The van der Waals surface area contributed by atoms with Gasteiger partial charge in [0.2, 0.25) is 0 Å². The Morgan fingerprint density at radius 3 is 2.59 bits per heavy atom. The second kappa shape index (κ2) is 10.2. The number of halogens is 1. The monoisotopic (exact) mass is 599 g/mol. The number of aliphatic carboxylic acids is 1. The molecule has 0 aliphatic carbocycles. The number of alkyl carbamates (subject to hydrolysis) is 1. The molecule has 0 bridgehead atoms. The van der Waals surface area contributed by atoms with Crippen molar-refractivity contribution in [3.05, 3.63) is 37.9 Å². The lowest BCUT2D eigenvalue weighted by molar-refractivity contribution is -0.139. The van der Waals surface area contributed by atoms with E-state index in [2.05, 4.69) is 43.9 Å². The minimum atomic E-state index is -1.15. The van der Waals surface area contributed by atoms with E-state index in [9.17, 15) is 19.8 Å². The highest BCUT2D eigenvalue weighted by molar-refractivity contribution is 14.1. The fraction of sp³-hybridized carbons (Fsp3) is 0.458. The molecule has 1 atom stereocenters. The van der Waals surface area contributed by atoms with E-state index in [0.29, 0.717) is 5.01 Å². The van der Waals surface area contributed by atoms with Crippen molar-refractivity contribution in [2.75, 3.05) is 6.61 Å². The van der Waals surface area contributed by atoms with Crippen LogP contribution in [0, 0.1) is 9.12 Å². The average molecular weight is 599 g/mol. The molecule has 0 saturated heterocycles. The van der Waals surface area contributed by atoms with E-state index in [-0.39, 0.29) is 18.4 Å². The van der Waals surface area contributed by atoms with Crippen LogP contribution in [-0.4, -0.2) is 50.5 Å². The molecule has 1 amide bonds. The van der Waals surface area contributed by atoms with Crippen LogP contribution in [0.5, 0.6) is 0 Å². The van der Waals surface area contributed by atoms with Crippen LogP contribution in [0.25, 0.3) is 22.2 Å². The fourth-order valence-electron chi connectivity index (χ4n) is 3.44. The van der Waals surface area contributed by atoms with E-state index >= 15 is 0 Å². The van der Waals surface area contributed by atoms with Crippen molar-refractivity contribution in [3.8, 4) is 11.3 Å². The van der Waals surface area contributed by atoms with Crippen LogP contribution in [0.1, 0.15) is 45.2 Å². The maximum Gasteiger partial charge on any atom is 0.408 e. The lowest BCUT2D eigenvalue weighted by Crippen LogP contribution is -2.44. The number of aromatic amines is 1. The number of thiazole rings is 1. The van der Waals surface area contributed by atoms with Gasteiger partial charge < -0.3 is 25.3 Å². The molecule has 184 valence electrons. The minimum Gasteiger partial charge on any atom is -0.480 e. The van der Waals surface area contributed by atoms with Crippen LogP contribution in [-0.2, 0) is 22.4 Å². The maximum atomic E-state index is 12.0. The Morgan fingerprint density at radius 1 is 1.26 bits per heavy atom. The van der Waals surface area contributed by atoms with Crippen LogP contribution in [0.2, 0.25) is 0 Å². The van der Waals surface area contributed by atoms with Crippen molar-refractivity contribution in [1.29, 1.82) is 0 Å². The van der Waals surface area contributed by atoms with Gasteiger partial charge in [0.15, 0.2) is 0 Å². The van der Waals surface area contributed by atoms with Gasteiger partial charge in [-0.25, -0.2) is 14.6 Å². The first-order chi connectivity index (χ1) is 15.8. The molecule has 0 aliphatic rings. The molecular weight excluding hydrogens is 569 g/mol. The van der Waals surface area contributed by atoms with Gasteiger partial charge in [-0.15, -0.1) is 11.3 Å². The summed E-state index contributed by atoms with van der Waals surface area (Å²) in [6.45, 7) is 9.30. The summed E-state index contributed by atoms with van der Waals surface area (Å²) in [5, 5.41) is 25.2. The van der Waals surface area contributed by atoms with E-state index in [4.69, 9.17) is 4.74 Å². The number of hydrogen-bond donors (Lipinski definition) is 4. The number of aliphatic hydroxyl groups is 1. The number of amides is 1. The molecule has 3 rings (SSSR count). The predicted octanol–water partition coefficient (Wildman–Crippen LogP) is 4.98. The molecule has 4 N–H and O–H groups in total. The number of carbonyl (C=O) groups excluding carboxylic acids is 1. The third-order valence-corrected chi connectivity index (χ3v) is 6.94. The first kappa shape index (κ1) is 26.4. The zero-order valence-corrected chi connectivity index (χ0v) is 22.8. The predicted molar refractivity (Wildman–Crippen MR) is 141 cm³/mol. The first-order valence-electron chi connectivity index (χ1n) is 10.9. The molecule has 3 aromatic rings. The topological polar surface area (TPSA) is 125 Å². The van der Waals surface area contributed by atoms with Crippen molar-refractivity contribution in [3.63, 3.8) is 0 Å². The van der Waals surface area contributed by atoms with E-state index in [1.807, 2.05) is 31.4 Å². The lowest BCUT2D eigenvalue weighted by Gasteiger charge is -2.21. The molecule has 10 heteroatoms. The minimum absolute atomic E-state index is 0.0550. The van der Waals surface area contributed by atoms with Crippen molar-refractivity contribution in [2.24, 2.45) is 5.41 Å². The second-order valence-electron chi connectivity index (χ2n) is 10.0. The summed E-state index contributed by atoms with van der Waals surface area (Å²) < 4.78 is 6.22. The molecule has 0 saturated carbocycles. The van der Waals surface area contributed by atoms with Crippen molar-refractivity contribution in [1.82, 2.24) is 15.3 Å². The van der Waals surface area contributed by atoms with Gasteiger partial charge in [0.25, 0.3) is 0 Å². The number of benzene rings is 1. The van der Waals surface area contributed by atoms with Gasteiger partial charge in [-0.3, -0.25) is 0 Å². The maximum absolute atomic E-state index is 12.0. The summed E-state index contributed by atoms with van der Waals surface area (Å²) in [6, 6.07) is 4.91. The highest BCUT2D eigenvalue weighted by Crippen LogP contribution is 2.33. The van der Waals surface area contributed by atoms with E-state index in [1.54, 1.807) is 20.8 Å². The number of aliphatic hydroxyl groups excluding tert-OH is 1. The Balaban J connectivity index is 1.82. The number of carboxylic acid groups (broad SMARTS) is 1. The number of carbonyl (C=O) groups is 2. The van der Waals surface area contributed by atoms with Crippen LogP contribution in [0.3, 0.4) is 0 Å². The Kier molecular flexibility index (Phi) is 7.93. The summed E-state index contributed by atoms with van der Waals surface area (Å²) in [7, 11) is 0. The van der Waals surface area contributed by atoms with Crippen LogP contribution < -0.4 is 5.32 Å². The highest BCUT2D eigenvalue weighted by Gasteiger charge is 2.26. The summed E-state index contributed by atoms with van der Waals surface area (Å²) >= 11 is 3.64. The van der Waals surface area contributed by atoms with E-state index in [0.717, 1.165) is 37.8 Å². The second-order valence-corrected chi connectivity index (χ2v) is 12.1. The Labute approximate surface area is 216 Å². The Bertz CT molecular complexity index is 1200. The zero-order chi connectivity index (χ0) is 25.3. The number of aromatic nitrogens is 2. The molecule has 0 radical (unpaired) electrons. The molecule has 0 aliphatic heterocycles. The third kappa shape index (κ3) is 6.70. The summed E-state index contributed by atoms with van der Waals surface area (Å²) in [6.07, 6.45) is 0.00596. The molecule has 0 unspecified atom stereocenters. The van der Waals surface area contributed by atoms with Crippen molar-refractivity contribution < 1.29 is 24.5 Å². The van der Waals surface area contributed by atoms with Gasteiger partial charge in [-0.2, -0.15) is 0 Å². The van der Waals surface area contributed by atoms with Crippen molar-refractivity contribution in [2.45, 2.75) is 59.1 Å². The number of nitrogens with one attached hydrogen (secondary N) is 2. The molecule has 2 heterocycles. The summed E-state index contributed by atoms with van der Waals surface area (Å²) in [5.74, 6) is -1.15. The average Bonchev–Trinajstić information content (AvgIpc) is 3.30. The number of carboxylic acids is 1. The van der Waals surface area contributed by atoms with Gasteiger partial charge in [-0.1, -0.05) is 19.9 Å². The van der Waals surface area contributed by atoms with Gasteiger partial charge in [-0.05, 0) is 72.9 Å². The molecule has 0 fully saturated rings. The van der Waals surface area contributed by atoms with Crippen LogP contribution in [0.4, 0.5) is 4.79 Å². The van der Waals surface area contributed by atoms with E-state index < -0.39 is 23.7 Å². The normalized spacial score (nSPS) is 13.1. The molecule has 0 spiro atoms. The summed E-state index contributed by atoms with van der Waals surface area (Å²) in [4.78, 5) is 31.8. The van der Waals surface area contributed by atoms with Crippen LogP contribution >= 0.6 is 33.9 Å². The SMILES string of the molecule is CC(C)(CO)Cc1c(I)[nH]c2ccc(-c3csc(C[C@H](NC(=O)OC(C)(C)C)C(=O)O)n3)cc12. The summed E-state index contributed by atoms with van der Waals surface area (Å²) in [5.41, 5.74) is 2.86. The first-order valence-corrected chi connectivity index (χ1v) is 12.8. The highest BCUT2D eigenvalue weighted by atomic mass is 127.